The molecule has 0 unspecified atom stereocenters. The van der Waals surface area contributed by atoms with Crippen LogP contribution in [0.1, 0.15) is 20.8 Å². The van der Waals surface area contributed by atoms with Crippen molar-refractivity contribution in [2.24, 2.45) is 0 Å². The third-order valence-corrected chi connectivity index (χ3v) is 4.98. The largest absolute Gasteiger partial charge is 0.464 e. The first-order valence-corrected chi connectivity index (χ1v) is 10.3. The maximum absolute atomic E-state index is 15.1. The van der Waals surface area contributed by atoms with Crippen molar-refractivity contribution in [3.63, 3.8) is 0 Å². The summed E-state index contributed by atoms with van der Waals surface area (Å²) >= 11 is 0. The van der Waals surface area contributed by atoms with Crippen LogP contribution >= 0.6 is 0 Å². The highest BCUT2D eigenvalue weighted by Crippen LogP contribution is 2.30. The highest BCUT2D eigenvalue weighted by Gasteiger charge is 2.22. The molecule has 0 aliphatic heterocycles. The highest BCUT2D eigenvalue weighted by molar-refractivity contribution is 5.94. The molecule has 1 N–H and O–H groups in total. The number of carbonyl (C=O) groups is 2. The summed E-state index contributed by atoms with van der Waals surface area (Å²) in [5.41, 5.74) is 0.751. The Morgan fingerprint density at radius 2 is 1.85 bits per heavy atom. The molecule has 4 aromatic heterocycles. The summed E-state index contributed by atoms with van der Waals surface area (Å²) in [4.78, 5) is 37.8. The van der Waals surface area contributed by atoms with Gasteiger partial charge in [-0.15, -0.1) is 0 Å². The first-order chi connectivity index (χ1) is 16.0. The number of pyridine rings is 3. The van der Waals surface area contributed by atoms with E-state index in [0.29, 0.717) is 22.3 Å². The third kappa shape index (κ3) is 4.42. The second-order valence-corrected chi connectivity index (χ2v) is 8.58. The van der Waals surface area contributed by atoms with Crippen LogP contribution in [0.4, 0.5) is 19.8 Å². The number of rotatable bonds is 3. The molecule has 0 saturated carbocycles. The van der Waals surface area contributed by atoms with E-state index in [1.54, 1.807) is 51.2 Å². The second-order valence-electron chi connectivity index (χ2n) is 8.58. The van der Waals surface area contributed by atoms with Crippen LogP contribution in [0, 0.1) is 5.82 Å². The summed E-state index contributed by atoms with van der Waals surface area (Å²) < 4.78 is 21.4. The van der Waals surface area contributed by atoms with Gasteiger partial charge in [-0.05, 0) is 45.0 Å². The van der Waals surface area contributed by atoms with Gasteiger partial charge in [-0.2, -0.15) is 0 Å². The molecule has 0 aliphatic rings. The molecule has 0 saturated heterocycles. The van der Waals surface area contributed by atoms with E-state index >= 15 is 4.39 Å². The van der Waals surface area contributed by atoms with Crippen LogP contribution in [0.25, 0.3) is 33.4 Å². The SMILES string of the molecule is CN(C(=O)OC(C)(C)C)c1ccc(-c2cnc(-c3cc4ccncc4n3C(=O)O)cc2F)cn1. The summed E-state index contributed by atoms with van der Waals surface area (Å²) in [7, 11) is 1.53. The number of amides is 1. The number of carbonyl (C=O) groups excluding carboxylic acids is 1. The minimum Gasteiger partial charge on any atom is -0.464 e. The van der Waals surface area contributed by atoms with Crippen molar-refractivity contribution < 1.29 is 23.8 Å². The lowest BCUT2D eigenvalue weighted by Crippen LogP contribution is -2.34. The van der Waals surface area contributed by atoms with Gasteiger partial charge in [-0.25, -0.2) is 23.5 Å². The predicted octanol–water partition coefficient (Wildman–Crippen LogP) is 5.20. The lowest BCUT2D eigenvalue weighted by molar-refractivity contribution is 0.0588. The quantitative estimate of drug-likeness (QED) is 0.445. The van der Waals surface area contributed by atoms with Gasteiger partial charge in [0.1, 0.15) is 17.2 Å². The summed E-state index contributed by atoms with van der Waals surface area (Å²) in [6.07, 6.45) is 3.94. The average molecular weight is 463 g/mol. The number of hydrogen-bond donors (Lipinski definition) is 1. The van der Waals surface area contributed by atoms with Crippen molar-refractivity contribution in [1.29, 1.82) is 0 Å². The number of nitrogens with zero attached hydrogens (tertiary/aromatic N) is 5. The maximum atomic E-state index is 15.1. The number of ether oxygens (including phenoxy) is 1. The molecule has 0 aliphatic carbocycles. The van der Waals surface area contributed by atoms with Gasteiger partial charge in [0.2, 0.25) is 0 Å². The van der Waals surface area contributed by atoms with Gasteiger partial charge >= 0.3 is 12.2 Å². The Morgan fingerprint density at radius 1 is 1.09 bits per heavy atom. The Labute approximate surface area is 194 Å². The Hall–Kier alpha value is -4.34. The molecule has 4 heterocycles. The Kier molecular flexibility index (Phi) is 5.74. The first-order valence-electron chi connectivity index (χ1n) is 10.3. The molecule has 0 atom stereocenters. The van der Waals surface area contributed by atoms with E-state index in [1.165, 1.54) is 36.6 Å². The predicted molar refractivity (Wildman–Crippen MR) is 124 cm³/mol. The molecule has 10 heteroatoms. The van der Waals surface area contributed by atoms with Crippen LogP contribution in [0.3, 0.4) is 0 Å². The molecule has 0 radical (unpaired) electrons. The van der Waals surface area contributed by atoms with E-state index in [1.807, 2.05) is 0 Å². The molecule has 4 rings (SSSR count). The van der Waals surface area contributed by atoms with Crippen molar-refractivity contribution in [1.82, 2.24) is 19.5 Å². The third-order valence-electron chi connectivity index (χ3n) is 4.98. The first kappa shape index (κ1) is 22.8. The Balaban J connectivity index is 1.64. The molecule has 34 heavy (non-hydrogen) atoms. The van der Waals surface area contributed by atoms with Crippen molar-refractivity contribution in [3.8, 4) is 22.5 Å². The lowest BCUT2D eigenvalue weighted by Gasteiger charge is -2.24. The number of anilines is 1. The number of aromatic nitrogens is 4. The average Bonchev–Trinajstić information content (AvgIpc) is 3.17. The minimum absolute atomic E-state index is 0.161. The zero-order chi connectivity index (χ0) is 24.6. The normalized spacial score (nSPS) is 11.4. The molecule has 4 aromatic rings. The van der Waals surface area contributed by atoms with E-state index in [9.17, 15) is 14.7 Å². The number of carboxylic acid groups (broad SMARTS) is 1. The van der Waals surface area contributed by atoms with Gasteiger partial charge in [-0.1, -0.05) is 0 Å². The van der Waals surface area contributed by atoms with Crippen molar-refractivity contribution in [3.05, 3.63) is 60.9 Å². The van der Waals surface area contributed by atoms with Crippen LogP contribution in [0.15, 0.2) is 55.1 Å². The molecule has 174 valence electrons. The monoisotopic (exact) mass is 463 g/mol. The molecule has 0 spiro atoms. The van der Waals surface area contributed by atoms with Gasteiger partial charge in [0, 0.05) is 48.2 Å². The van der Waals surface area contributed by atoms with Crippen LogP contribution < -0.4 is 4.90 Å². The molecule has 9 nitrogen and oxygen atoms in total. The van der Waals surface area contributed by atoms with Crippen LogP contribution in [0.5, 0.6) is 0 Å². The van der Waals surface area contributed by atoms with Crippen molar-refractivity contribution in [2.45, 2.75) is 26.4 Å². The minimum atomic E-state index is -1.22. The number of halogens is 1. The Bertz CT molecular complexity index is 1390. The number of fused-ring (bicyclic) bond motifs is 1. The fourth-order valence-corrected chi connectivity index (χ4v) is 3.39. The molecule has 0 bridgehead atoms. The van der Waals surface area contributed by atoms with Gasteiger partial charge in [0.15, 0.2) is 0 Å². The van der Waals surface area contributed by atoms with E-state index in [0.717, 1.165) is 4.57 Å². The van der Waals surface area contributed by atoms with Gasteiger partial charge < -0.3 is 9.84 Å². The van der Waals surface area contributed by atoms with E-state index in [-0.39, 0.29) is 17.0 Å². The summed E-state index contributed by atoms with van der Waals surface area (Å²) in [5.74, 6) is -0.261. The fraction of sp³-hybridized carbons (Fsp3) is 0.208. The summed E-state index contributed by atoms with van der Waals surface area (Å²) in [6.45, 7) is 5.30. The second kappa shape index (κ2) is 8.54. The van der Waals surface area contributed by atoms with Crippen LogP contribution in [-0.2, 0) is 4.74 Å². The summed E-state index contributed by atoms with van der Waals surface area (Å²) in [5, 5.41) is 10.3. The van der Waals surface area contributed by atoms with Gasteiger partial charge in [0.05, 0.1) is 23.1 Å². The zero-order valence-corrected chi connectivity index (χ0v) is 19.0. The highest BCUT2D eigenvalue weighted by atomic mass is 19.1. The van der Waals surface area contributed by atoms with Crippen LogP contribution in [0.2, 0.25) is 0 Å². The molecular formula is C24H22FN5O4. The molecular weight excluding hydrogens is 441 g/mol. The maximum Gasteiger partial charge on any atom is 0.416 e. The molecule has 1 amide bonds. The molecule has 0 fully saturated rings. The van der Waals surface area contributed by atoms with Crippen molar-refractivity contribution >= 4 is 28.9 Å². The van der Waals surface area contributed by atoms with Gasteiger partial charge in [-0.3, -0.25) is 14.9 Å². The molecule has 0 aromatic carbocycles. The van der Waals surface area contributed by atoms with Crippen molar-refractivity contribution in [2.75, 3.05) is 11.9 Å². The van der Waals surface area contributed by atoms with Crippen LogP contribution in [-0.4, -0.2) is 49.5 Å². The fourth-order valence-electron chi connectivity index (χ4n) is 3.39. The smallest absolute Gasteiger partial charge is 0.416 e. The van der Waals surface area contributed by atoms with E-state index in [4.69, 9.17) is 4.74 Å². The lowest BCUT2D eigenvalue weighted by atomic mass is 10.1. The number of hydrogen-bond acceptors (Lipinski definition) is 6. The van der Waals surface area contributed by atoms with E-state index < -0.39 is 23.6 Å². The zero-order valence-electron chi connectivity index (χ0n) is 19.0. The topological polar surface area (TPSA) is 110 Å². The standard InChI is InChI=1S/C24H22FN5O4/c1-24(2,3)34-23(33)29(4)21-6-5-15(11-28-21)16-12-27-18(10-17(16)25)19-9-14-7-8-26-13-20(14)30(19)22(31)32/h5-13H,1-4H3,(H,31,32). The van der Waals surface area contributed by atoms with Gasteiger partial charge in [0.25, 0.3) is 0 Å². The van der Waals surface area contributed by atoms with E-state index in [2.05, 4.69) is 15.0 Å². The Morgan fingerprint density at radius 3 is 2.47 bits per heavy atom. The summed E-state index contributed by atoms with van der Waals surface area (Å²) in [6, 6.07) is 7.65.